The molecule has 0 bridgehead atoms. The van der Waals surface area contributed by atoms with E-state index in [2.05, 4.69) is 9.71 Å². The Bertz CT molecular complexity index is 758. The van der Waals surface area contributed by atoms with Gasteiger partial charge in [-0.05, 0) is 50.8 Å². The smallest absolute Gasteiger partial charge is 0.243 e. The topological polar surface area (TPSA) is 88.0 Å². The highest BCUT2D eigenvalue weighted by atomic mass is 32.2. The maximum atomic E-state index is 12.6. The quantitative estimate of drug-likeness (QED) is 0.755. The largest absolute Gasteiger partial charge is 0.399 e. The van der Waals surface area contributed by atoms with Crippen LogP contribution >= 0.6 is 0 Å². The van der Waals surface area contributed by atoms with Gasteiger partial charge in [0.25, 0.3) is 0 Å². The first-order valence-electron chi connectivity index (χ1n) is 6.70. The van der Waals surface area contributed by atoms with Crippen LogP contribution in [0, 0.1) is 5.92 Å². The second-order valence-electron chi connectivity index (χ2n) is 6.06. The van der Waals surface area contributed by atoms with Crippen LogP contribution in [0.4, 0.5) is 5.69 Å². The van der Waals surface area contributed by atoms with Gasteiger partial charge >= 0.3 is 0 Å². The molecular weight excluding hydrogens is 274 g/mol. The number of H-pyrrole nitrogens is 1. The molecule has 0 radical (unpaired) electrons. The second-order valence-corrected chi connectivity index (χ2v) is 7.71. The first-order chi connectivity index (χ1) is 9.29. The standard InChI is InChI=1S/C14H19N3O2S/c1-14(2,9-3-4-9)17-20(18,19)13-8-16-12-7-10(15)5-6-11(12)13/h5-9,16-17H,3-4,15H2,1-2H3. The van der Waals surface area contributed by atoms with E-state index in [1.807, 2.05) is 13.8 Å². The highest BCUT2D eigenvalue weighted by molar-refractivity contribution is 7.89. The lowest BCUT2D eigenvalue weighted by Crippen LogP contribution is -2.45. The van der Waals surface area contributed by atoms with Gasteiger partial charge in [0.15, 0.2) is 0 Å². The van der Waals surface area contributed by atoms with Crippen molar-refractivity contribution >= 4 is 26.6 Å². The summed E-state index contributed by atoms with van der Waals surface area (Å²) in [7, 11) is -3.54. The Balaban J connectivity index is 2.01. The average molecular weight is 293 g/mol. The molecule has 1 aliphatic rings. The van der Waals surface area contributed by atoms with Crippen LogP contribution in [0.25, 0.3) is 10.9 Å². The molecule has 0 spiro atoms. The van der Waals surface area contributed by atoms with Crippen molar-refractivity contribution in [2.75, 3.05) is 5.73 Å². The lowest BCUT2D eigenvalue weighted by atomic mass is 10.0. The summed E-state index contributed by atoms with van der Waals surface area (Å²) in [6.07, 6.45) is 3.69. The molecule has 1 aliphatic carbocycles. The predicted octanol–water partition coefficient (Wildman–Crippen LogP) is 2.22. The average Bonchev–Trinajstić information content (AvgIpc) is 3.09. The SMILES string of the molecule is CC(C)(NS(=O)(=O)c1c[nH]c2cc(N)ccc12)C1CC1. The summed E-state index contributed by atoms with van der Waals surface area (Å²) in [6, 6.07) is 5.18. The number of hydrogen-bond donors (Lipinski definition) is 3. The third-order valence-corrected chi connectivity index (χ3v) is 5.66. The maximum Gasteiger partial charge on any atom is 0.243 e. The van der Waals surface area contributed by atoms with Gasteiger partial charge in [0.05, 0.1) is 0 Å². The molecule has 1 fully saturated rings. The fourth-order valence-corrected chi connectivity index (χ4v) is 4.28. The molecule has 1 aromatic carbocycles. The summed E-state index contributed by atoms with van der Waals surface area (Å²) in [5.74, 6) is 0.429. The van der Waals surface area contributed by atoms with Crippen molar-refractivity contribution in [2.45, 2.75) is 37.1 Å². The summed E-state index contributed by atoms with van der Waals surface area (Å²) < 4.78 is 28.0. The number of nitrogens with two attached hydrogens (primary N) is 1. The Morgan fingerprint density at radius 1 is 1.35 bits per heavy atom. The van der Waals surface area contributed by atoms with E-state index in [0.29, 0.717) is 17.0 Å². The lowest BCUT2D eigenvalue weighted by molar-refractivity contribution is 0.401. The molecule has 4 N–H and O–H groups in total. The summed E-state index contributed by atoms with van der Waals surface area (Å²) in [6.45, 7) is 3.88. The number of nitrogen functional groups attached to an aromatic ring is 1. The first-order valence-corrected chi connectivity index (χ1v) is 8.18. The number of anilines is 1. The van der Waals surface area contributed by atoms with Crippen LogP contribution in [0.5, 0.6) is 0 Å². The Morgan fingerprint density at radius 2 is 2.05 bits per heavy atom. The lowest BCUT2D eigenvalue weighted by Gasteiger charge is -2.25. The van der Waals surface area contributed by atoms with Crippen LogP contribution in [0.3, 0.4) is 0 Å². The molecule has 0 atom stereocenters. The van der Waals surface area contributed by atoms with E-state index >= 15 is 0 Å². The van der Waals surface area contributed by atoms with Crippen molar-refractivity contribution in [3.63, 3.8) is 0 Å². The Morgan fingerprint density at radius 3 is 2.70 bits per heavy atom. The van der Waals surface area contributed by atoms with Crippen LogP contribution in [0.2, 0.25) is 0 Å². The van der Waals surface area contributed by atoms with Crippen molar-refractivity contribution in [3.8, 4) is 0 Å². The molecule has 0 unspecified atom stereocenters. The Labute approximate surface area is 118 Å². The molecule has 2 aromatic rings. The molecule has 1 heterocycles. The van der Waals surface area contributed by atoms with Crippen molar-refractivity contribution < 1.29 is 8.42 Å². The van der Waals surface area contributed by atoms with Crippen LogP contribution in [0.1, 0.15) is 26.7 Å². The van der Waals surface area contributed by atoms with Crippen molar-refractivity contribution in [2.24, 2.45) is 5.92 Å². The van der Waals surface area contributed by atoms with Gasteiger partial charge < -0.3 is 10.7 Å². The predicted molar refractivity (Wildman–Crippen MR) is 79.8 cm³/mol. The summed E-state index contributed by atoms with van der Waals surface area (Å²) in [4.78, 5) is 3.25. The number of rotatable bonds is 4. The molecular formula is C14H19N3O2S. The minimum Gasteiger partial charge on any atom is -0.399 e. The molecule has 20 heavy (non-hydrogen) atoms. The van der Waals surface area contributed by atoms with Crippen LogP contribution in [-0.2, 0) is 10.0 Å². The van der Waals surface area contributed by atoms with Crippen LogP contribution in [0.15, 0.2) is 29.3 Å². The summed E-state index contributed by atoms with van der Waals surface area (Å²) in [5.41, 5.74) is 6.64. The minimum absolute atomic E-state index is 0.279. The van der Waals surface area contributed by atoms with Crippen LogP contribution < -0.4 is 10.5 Å². The van der Waals surface area contributed by atoms with Crippen molar-refractivity contribution in [1.29, 1.82) is 0 Å². The van der Waals surface area contributed by atoms with E-state index in [9.17, 15) is 8.42 Å². The number of fused-ring (bicyclic) bond motifs is 1. The third-order valence-electron chi connectivity index (χ3n) is 3.95. The van der Waals surface area contributed by atoms with Crippen LogP contribution in [-0.4, -0.2) is 18.9 Å². The van der Waals surface area contributed by atoms with E-state index in [1.165, 1.54) is 6.20 Å². The number of aromatic nitrogens is 1. The van der Waals surface area contributed by atoms with Crippen molar-refractivity contribution in [1.82, 2.24) is 9.71 Å². The Kier molecular flexibility index (Phi) is 2.85. The van der Waals surface area contributed by atoms with Gasteiger partial charge in [-0.25, -0.2) is 13.1 Å². The third kappa shape index (κ3) is 2.29. The van der Waals surface area contributed by atoms with E-state index in [-0.39, 0.29) is 4.90 Å². The molecule has 1 aromatic heterocycles. The fraction of sp³-hybridized carbons (Fsp3) is 0.429. The van der Waals surface area contributed by atoms with Gasteiger partial charge in [-0.1, -0.05) is 0 Å². The molecule has 3 rings (SSSR count). The number of sulfonamides is 1. The van der Waals surface area contributed by atoms with E-state index < -0.39 is 15.6 Å². The molecule has 0 amide bonds. The monoisotopic (exact) mass is 293 g/mol. The fourth-order valence-electron chi connectivity index (χ4n) is 2.63. The highest BCUT2D eigenvalue weighted by Crippen LogP contribution is 2.40. The zero-order valence-corrected chi connectivity index (χ0v) is 12.4. The first kappa shape index (κ1) is 13.5. The molecule has 0 aliphatic heterocycles. The number of aromatic amines is 1. The normalized spacial score (nSPS) is 16.7. The molecule has 6 heteroatoms. The molecule has 0 saturated heterocycles. The zero-order valence-electron chi connectivity index (χ0n) is 11.6. The van der Waals surface area contributed by atoms with Gasteiger partial charge in [-0.2, -0.15) is 0 Å². The van der Waals surface area contributed by atoms with Gasteiger partial charge in [0.1, 0.15) is 4.90 Å². The number of benzene rings is 1. The summed E-state index contributed by atoms with van der Waals surface area (Å²) in [5, 5.41) is 0.665. The zero-order chi connectivity index (χ0) is 14.5. The number of hydrogen-bond acceptors (Lipinski definition) is 3. The molecule has 5 nitrogen and oxygen atoms in total. The van der Waals surface area contributed by atoms with Crippen molar-refractivity contribution in [3.05, 3.63) is 24.4 Å². The number of nitrogens with one attached hydrogen (secondary N) is 2. The highest BCUT2D eigenvalue weighted by Gasteiger charge is 2.41. The van der Waals surface area contributed by atoms with Gasteiger partial charge in [0, 0.05) is 28.3 Å². The molecule has 1 saturated carbocycles. The summed E-state index contributed by atoms with van der Waals surface area (Å²) >= 11 is 0. The second kappa shape index (κ2) is 4.23. The van der Waals surface area contributed by atoms with E-state index in [4.69, 9.17) is 5.73 Å². The van der Waals surface area contributed by atoms with Gasteiger partial charge in [0.2, 0.25) is 10.0 Å². The van der Waals surface area contributed by atoms with Gasteiger partial charge in [-0.3, -0.25) is 0 Å². The van der Waals surface area contributed by atoms with E-state index in [1.54, 1.807) is 18.2 Å². The Hall–Kier alpha value is -1.53. The van der Waals surface area contributed by atoms with E-state index in [0.717, 1.165) is 18.4 Å². The minimum atomic E-state index is -3.54. The van der Waals surface area contributed by atoms with Gasteiger partial charge in [-0.15, -0.1) is 0 Å². The maximum absolute atomic E-state index is 12.6. The molecule has 108 valence electrons.